The van der Waals surface area contributed by atoms with Gasteiger partial charge in [-0.3, -0.25) is 9.36 Å². The van der Waals surface area contributed by atoms with E-state index < -0.39 is 0 Å². The molecule has 0 unspecified atom stereocenters. The van der Waals surface area contributed by atoms with E-state index in [-0.39, 0.29) is 11.6 Å². The lowest BCUT2D eigenvalue weighted by Crippen LogP contribution is -2.16. The van der Waals surface area contributed by atoms with Crippen molar-refractivity contribution in [3.05, 3.63) is 51.6 Å². The summed E-state index contributed by atoms with van der Waals surface area (Å²) < 4.78 is 1.36. The van der Waals surface area contributed by atoms with Gasteiger partial charge in [-0.1, -0.05) is 37.6 Å². The van der Waals surface area contributed by atoms with Crippen LogP contribution in [0.5, 0.6) is 5.88 Å². The maximum Gasteiger partial charge on any atom is 0.328 e. The number of benzene rings is 1. The molecule has 1 heterocycles. The van der Waals surface area contributed by atoms with E-state index in [0.717, 1.165) is 24.7 Å². The molecule has 0 radical (unpaired) electrons. The second-order valence-electron chi connectivity index (χ2n) is 4.77. The molecule has 1 aromatic carbocycles. The van der Waals surface area contributed by atoms with Crippen molar-refractivity contribution >= 4 is 6.29 Å². The zero-order valence-corrected chi connectivity index (χ0v) is 11.4. The number of rotatable bonds is 6. The van der Waals surface area contributed by atoms with E-state index in [1.807, 2.05) is 19.1 Å². The summed E-state index contributed by atoms with van der Waals surface area (Å²) >= 11 is 0. The average Bonchev–Trinajstić information content (AvgIpc) is 2.72. The molecule has 2 rings (SSSR count). The molecule has 106 valence electrons. The SMILES string of the molecule is CCCCn1c(O)c(Cc2ccc(C=O)cc2)[nH]c1=O. The molecule has 1 aromatic heterocycles. The van der Waals surface area contributed by atoms with Crippen LogP contribution in [0.25, 0.3) is 0 Å². The van der Waals surface area contributed by atoms with Crippen LogP contribution in [-0.2, 0) is 13.0 Å². The number of aromatic nitrogens is 2. The summed E-state index contributed by atoms with van der Waals surface area (Å²) in [6.45, 7) is 2.55. The number of unbranched alkanes of at least 4 members (excludes halogenated alkanes) is 1. The number of carbonyl (C=O) groups excluding carboxylic acids is 1. The van der Waals surface area contributed by atoms with Crippen LogP contribution in [0.1, 0.15) is 41.4 Å². The van der Waals surface area contributed by atoms with E-state index in [4.69, 9.17) is 0 Å². The summed E-state index contributed by atoms with van der Waals surface area (Å²) in [7, 11) is 0. The smallest absolute Gasteiger partial charge is 0.328 e. The Morgan fingerprint density at radius 2 is 2.00 bits per heavy atom. The lowest BCUT2D eigenvalue weighted by Gasteiger charge is -2.03. The lowest BCUT2D eigenvalue weighted by atomic mass is 10.1. The quantitative estimate of drug-likeness (QED) is 0.792. The Hall–Kier alpha value is -2.30. The molecule has 0 aliphatic carbocycles. The fourth-order valence-corrected chi connectivity index (χ4v) is 2.08. The van der Waals surface area contributed by atoms with E-state index in [2.05, 4.69) is 4.98 Å². The van der Waals surface area contributed by atoms with Gasteiger partial charge in [-0.15, -0.1) is 0 Å². The minimum Gasteiger partial charge on any atom is -0.493 e. The number of hydrogen-bond donors (Lipinski definition) is 2. The van der Waals surface area contributed by atoms with Gasteiger partial charge in [-0.05, 0) is 12.0 Å². The molecular weight excluding hydrogens is 256 g/mol. The van der Waals surface area contributed by atoms with Crippen molar-refractivity contribution in [2.45, 2.75) is 32.7 Å². The number of carbonyl (C=O) groups is 1. The lowest BCUT2D eigenvalue weighted by molar-refractivity contribution is 0.112. The van der Waals surface area contributed by atoms with Gasteiger partial charge in [0.1, 0.15) is 6.29 Å². The highest BCUT2D eigenvalue weighted by Gasteiger charge is 2.12. The van der Waals surface area contributed by atoms with Crippen LogP contribution in [0.3, 0.4) is 0 Å². The highest BCUT2D eigenvalue weighted by atomic mass is 16.3. The average molecular weight is 274 g/mol. The van der Waals surface area contributed by atoms with E-state index in [1.54, 1.807) is 12.1 Å². The Balaban J connectivity index is 2.20. The minimum atomic E-state index is -0.282. The van der Waals surface area contributed by atoms with Crippen molar-refractivity contribution < 1.29 is 9.90 Å². The summed E-state index contributed by atoms with van der Waals surface area (Å²) in [5, 5.41) is 10.1. The highest BCUT2D eigenvalue weighted by Crippen LogP contribution is 2.17. The zero-order valence-electron chi connectivity index (χ0n) is 11.4. The number of imidazole rings is 1. The maximum absolute atomic E-state index is 11.8. The number of nitrogens with one attached hydrogen (secondary N) is 1. The van der Waals surface area contributed by atoms with Gasteiger partial charge in [0.2, 0.25) is 5.88 Å². The Bertz CT molecular complexity index is 638. The molecule has 2 N–H and O–H groups in total. The van der Waals surface area contributed by atoms with Crippen LogP contribution >= 0.6 is 0 Å². The number of hydrogen-bond acceptors (Lipinski definition) is 3. The predicted octanol–water partition coefficient (Wildman–Crippen LogP) is 2.09. The van der Waals surface area contributed by atoms with Gasteiger partial charge in [0, 0.05) is 18.5 Å². The van der Waals surface area contributed by atoms with Crippen molar-refractivity contribution in [1.29, 1.82) is 0 Å². The first kappa shape index (κ1) is 14.1. The molecule has 5 nitrogen and oxygen atoms in total. The normalized spacial score (nSPS) is 10.7. The third kappa shape index (κ3) is 2.99. The maximum atomic E-state index is 11.8. The molecule has 20 heavy (non-hydrogen) atoms. The number of aldehydes is 1. The van der Waals surface area contributed by atoms with Crippen LogP contribution in [0.2, 0.25) is 0 Å². The molecule has 0 aliphatic rings. The van der Waals surface area contributed by atoms with Gasteiger partial charge < -0.3 is 10.1 Å². The summed E-state index contributed by atoms with van der Waals surface area (Å²) in [4.78, 5) is 25.0. The van der Waals surface area contributed by atoms with Gasteiger partial charge in [0.05, 0.1) is 5.69 Å². The van der Waals surface area contributed by atoms with E-state index in [0.29, 0.717) is 24.2 Å². The summed E-state index contributed by atoms with van der Waals surface area (Å²) in [5.41, 5.74) is 1.75. The van der Waals surface area contributed by atoms with Gasteiger partial charge in [0.25, 0.3) is 0 Å². The first-order chi connectivity index (χ1) is 9.65. The largest absolute Gasteiger partial charge is 0.493 e. The number of nitrogens with zero attached hydrogens (tertiary/aromatic N) is 1. The highest BCUT2D eigenvalue weighted by molar-refractivity contribution is 5.74. The molecule has 0 atom stereocenters. The van der Waals surface area contributed by atoms with Gasteiger partial charge in [0.15, 0.2) is 0 Å². The Morgan fingerprint density at radius 3 is 2.60 bits per heavy atom. The third-order valence-electron chi connectivity index (χ3n) is 3.26. The van der Waals surface area contributed by atoms with Crippen molar-refractivity contribution in [3.8, 4) is 5.88 Å². The molecular formula is C15H18N2O3. The van der Waals surface area contributed by atoms with Crippen molar-refractivity contribution in [3.63, 3.8) is 0 Å². The fraction of sp³-hybridized carbons (Fsp3) is 0.333. The summed E-state index contributed by atoms with van der Waals surface area (Å²) in [6, 6.07) is 7.05. The second kappa shape index (κ2) is 6.23. The van der Waals surface area contributed by atoms with Gasteiger partial charge in [-0.2, -0.15) is 0 Å². The second-order valence-corrected chi connectivity index (χ2v) is 4.77. The standard InChI is InChI=1S/C15H18N2O3/c1-2-3-8-17-14(19)13(16-15(17)20)9-11-4-6-12(10-18)7-5-11/h4-7,10,19H,2-3,8-9H2,1H3,(H,16,20). The number of aromatic hydroxyl groups is 1. The first-order valence-electron chi connectivity index (χ1n) is 6.70. The monoisotopic (exact) mass is 274 g/mol. The number of aromatic amines is 1. The molecule has 2 aromatic rings. The molecule has 0 amide bonds. The molecule has 0 fully saturated rings. The van der Waals surface area contributed by atoms with E-state index in [9.17, 15) is 14.7 Å². The molecule has 0 aliphatic heterocycles. The third-order valence-corrected chi connectivity index (χ3v) is 3.26. The fourth-order valence-electron chi connectivity index (χ4n) is 2.08. The molecule has 0 saturated carbocycles. The van der Waals surface area contributed by atoms with Gasteiger partial charge >= 0.3 is 5.69 Å². The Kier molecular flexibility index (Phi) is 4.40. The Morgan fingerprint density at radius 1 is 1.30 bits per heavy atom. The van der Waals surface area contributed by atoms with Crippen LogP contribution in [0.4, 0.5) is 0 Å². The molecule has 0 spiro atoms. The van der Waals surface area contributed by atoms with E-state index in [1.165, 1.54) is 4.57 Å². The van der Waals surface area contributed by atoms with Crippen molar-refractivity contribution in [2.75, 3.05) is 0 Å². The van der Waals surface area contributed by atoms with Crippen molar-refractivity contribution in [2.24, 2.45) is 0 Å². The number of H-pyrrole nitrogens is 1. The zero-order chi connectivity index (χ0) is 14.5. The summed E-state index contributed by atoms with van der Waals surface area (Å²) in [6.07, 6.45) is 3.02. The van der Waals surface area contributed by atoms with Crippen LogP contribution in [0.15, 0.2) is 29.1 Å². The first-order valence-corrected chi connectivity index (χ1v) is 6.70. The van der Waals surface area contributed by atoms with Crippen molar-refractivity contribution in [1.82, 2.24) is 9.55 Å². The minimum absolute atomic E-state index is 0.00270. The molecule has 0 saturated heterocycles. The topological polar surface area (TPSA) is 75.1 Å². The molecule has 5 heteroatoms. The predicted molar refractivity (Wildman–Crippen MR) is 76.3 cm³/mol. The van der Waals surface area contributed by atoms with Crippen LogP contribution < -0.4 is 5.69 Å². The van der Waals surface area contributed by atoms with Crippen LogP contribution in [0, 0.1) is 0 Å². The Labute approximate surface area is 116 Å². The van der Waals surface area contributed by atoms with Gasteiger partial charge in [-0.25, -0.2) is 4.79 Å². The molecule has 0 bridgehead atoms. The van der Waals surface area contributed by atoms with Crippen LogP contribution in [-0.4, -0.2) is 20.9 Å². The van der Waals surface area contributed by atoms with E-state index >= 15 is 0 Å². The summed E-state index contributed by atoms with van der Waals surface area (Å²) in [5.74, 6) is 0.00270.